The lowest BCUT2D eigenvalue weighted by Gasteiger charge is -2.01. The van der Waals surface area contributed by atoms with Crippen LogP contribution in [0.1, 0.15) is 18.4 Å². The van der Waals surface area contributed by atoms with Crippen LogP contribution in [0.15, 0.2) is 41.3 Å². The molecule has 1 saturated heterocycles. The summed E-state index contributed by atoms with van der Waals surface area (Å²) in [6, 6.07) is 13.9. The predicted molar refractivity (Wildman–Crippen MR) is 89.8 cm³/mol. The minimum absolute atomic E-state index is 0.505. The highest BCUT2D eigenvalue weighted by Crippen LogP contribution is 2.32. The Morgan fingerprint density at radius 3 is 2.30 bits per heavy atom. The average Bonchev–Trinajstić information content (AvgIpc) is 3.07. The van der Waals surface area contributed by atoms with Crippen LogP contribution >= 0.6 is 0 Å². The molecular formula is C18H20NS+. The van der Waals surface area contributed by atoms with Gasteiger partial charge in [0.25, 0.3) is 0 Å². The van der Waals surface area contributed by atoms with Crippen LogP contribution < -0.4 is 0 Å². The fourth-order valence-electron chi connectivity index (χ4n) is 3.38. The quantitative estimate of drug-likeness (QED) is 0.583. The Labute approximate surface area is 122 Å². The molecule has 0 amide bonds. The largest absolute Gasteiger partial charge is 0.344 e. The van der Waals surface area contributed by atoms with E-state index < -0.39 is 0 Å². The van der Waals surface area contributed by atoms with E-state index in [4.69, 9.17) is 0 Å². The summed E-state index contributed by atoms with van der Waals surface area (Å²) in [6.07, 6.45) is 2.82. The van der Waals surface area contributed by atoms with Crippen molar-refractivity contribution in [3.05, 3.63) is 42.0 Å². The van der Waals surface area contributed by atoms with Crippen molar-refractivity contribution >= 4 is 32.7 Å². The van der Waals surface area contributed by atoms with Crippen molar-refractivity contribution in [2.75, 3.05) is 11.5 Å². The van der Waals surface area contributed by atoms with E-state index in [0.29, 0.717) is 10.9 Å². The van der Waals surface area contributed by atoms with Gasteiger partial charge in [-0.15, -0.1) is 0 Å². The number of hydrogen-bond donors (Lipinski definition) is 0. The third kappa shape index (κ3) is 1.78. The van der Waals surface area contributed by atoms with Gasteiger partial charge in [-0.2, -0.15) is 0 Å². The first-order chi connectivity index (χ1) is 9.74. The smallest absolute Gasteiger partial charge is 0.155 e. The first-order valence-electron chi connectivity index (χ1n) is 7.40. The predicted octanol–water partition coefficient (Wildman–Crippen LogP) is 4.41. The van der Waals surface area contributed by atoms with E-state index in [1.165, 1.54) is 51.7 Å². The van der Waals surface area contributed by atoms with Crippen molar-refractivity contribution < 1.29 is 0 Å². The standard InChI is InChI=1S/C18H20NS/c1-13-5-7-17-15(11-13)16-12-14(20-9-3-4-10-20)6-8-18(16)19(17)2/h5-8,11-12H,3-4,9-10H2,1-2H3/q+1. The molecule has 0 atom stereocenters. The molecule has 1 aliphatic heterocycles. The van der Waals surface area contributed by atoms with Gasteiger partial charge in [0.1, 0.15) is 11.5 Å². The zero-order valence-electron chi connectivity index (χ0n) is 12.1. The zero-order chi connectivity index (χ0) is 13.7. The lowest BCUT2D eigenvalue weighted by Crippen LogP contribution is -2.03. The van der Waals surface area contributed by atoms with Crippen LogP contribution in [-0.2, 0) is 17.9 Å². The van der Waals surface area contributed by atoms with E-state index >= 15 is 0 Å². The van der Waals surface area contributed by atoms with Crippen molar-refractivity contribution in [2.24, 2.45) is 7.05 Å². The normalized spacial score (nSPS) is 16.5. The molecular weight excluding hydrogens is 262 g/mol. The minimum Gasteiger partial charge on any atom is -0.344 e. The SMILES string of the molecule is Cc1ccc2c(c1)c1cc([S+]3CCCC3)ccc1n2C. The first-order valence-corrected chi connectivity index (χ1v) is 8.96. The number of hydrogen-bond acceptors (Lipinski definition) is 0. The molecule has 2 aromatic carbocycles. The molecule has 2 heteroatoms. The maximum atomic E-state index is 2.46. The summed E-state index contributed by atoms with van der Waals surface area (Å²) in [5.41, 5.74) is 4.05. The summed E-state index contributed by atoms with van der Waals surface area (Å²) < 4.78 is 2.33. The van der Waals surface area contributed by atoms with Crippen LogP contribution in [0.5, 0.6) is 0 Å². The Morgan fingerprint density at radius 1 is 0.900 bits per heavy atom. The molecule has 0 spiro atoms. The molecule has 102 valence electrons. The monoisotopic (exact) mass is 282 g/mol. The van der Waals surface area contributed by atoms with Gasteiger partial charge in [0.15, 0.2) is 4.90 Å². The van der Waals surface area contributed by atoms with Gasteiger partial charge >= 0.3 is 0 Å². The third-order valence-corrected chi connectivity index (χ3v) is 6.98. The van der Waals surface area contributed by atoms with E-state index in [1.54, 1.807) is 4.90 Å². The third-order valence-electron chi connectivity index (χ3n) is 4.50. The Kier molecular flexibility index (Phi) is 2.81. The van der Waals surface area contributed by atoms with Crippen molar-refractivity contribution in [3.8, 4) is 0 Å². The van der Waals surface area contributed by atoms with Crippen LogP contribution in [0.2, 0.25) is 0 Å². The van der Waals surface area contributed by atoms with Crippen LogP contribution in [0, 0.1) is 6.92 Å². The second-order valence-corrected chi connectivity index (χ2v) is 8.14. The number of rotatable bonds is 1. The molecule has 0 bridgehead atoms. The van der Waals surface area contributed by atoms with Gasteiger partial charge in [-0.3, -0.25) is 0 Å². The summed E-state index contributed by atoms with van der Waals surface area (Å²) in [5.74, 6) is 2.80. The Balaban J connectivity index is 2.00. The number of benzene rings is 2. The van der Waals surface area contributed by atoms with Gasteiger partial charge in [0, 0.05) is 45.8 Å². The summed E-state index contributed by atoms with van der Waals surface area (Å²) in [6.45, 7) is 2.18. The molecule has 0 unspecified atom stereocenters. The Hall–Kier alpha value is -1.41. The van der Waals surface area contributed by atoms with Crippen molar-refractivity contribution in [1.29, 1.82) is 0 Å². The summed E-state index contributed by atoms with van der Waals surface area (Å²) in [4.78, 5) is 1.57. The van der Waals surface area contributed by atoms with Crippen molar-refractivity contribution in [3.63, 3.8) is 0 Å². The van der Waals surface area contributed by atoms with Crippen LogP contribution in [0.4, 0.5) is 0 Å². The lowest BCUT2D eigenvalue weighted by molar-refractivity contribution is 0.949. The fraction of sp³-hybridized carbons (Fsp3) is 0.333. The molecule has 0 saturated carbocycles. The van der Waals surface area contributed by atoms with Crippen molar-refractivity contribution in [1.82, 2.24) is 4.57 Å². The van der Waals surface area contributed by atoms with E-state index in [-0.39, 0.29) is 0 Å². The summed E-state index contributed by atoms with van der Waals surface area (Å²) in [5, 5.41) is 2.84. The molecule has 3 aromatic rings. The minimum atomic E-state index is 0.505. The van der Waals surface area contributed by atoms with Crippen LogP contribution in [0.25, 0.3) is 21.8 Å². The molecule has 1 fully saturated rings. The van der Waals surface area contributed by atoms with Crippen LogP contribution in [-0.4, -0.2) is 16.1 Å². The second kappa shape index (κ2) is 4.56. The molecule has 0 N–H and O–H groups in total. The van der Waals surface area contributed by atoms with Crippen LogP contribution in [0.3, 0.4) is 0 Å². The molecule has 20 heavy (non-hydrogen) atoms. The fourth-order valence-corrected chi connectivity index (χ4v) is 5.71. The number of fused-ring (bicyclic) bond motifs is 3. The van der Waals surface area contributed by atoms with Gasteiger partial charge < -0.3 is 4.57 Å². The van der Waals surface area contributed by atoms with Gasteiger partial charge in [0.05, 0.1) is 0 Å². The second-order valence-electron chi connectivity index (χ2n) is 5.87. The number of aromatic nitrogens is 1. The maximum absolute atomic E-state index is 2.46. The highest BCUT2D eigenvalue weighted by atomic mass is 32.2. The molecule has 0 radical (unpaired) electrons. The number of nitrogens with zero attached hydrogens (tertiary/aromatic N) is 1. The molecule has 4 rings (SSSR count). The highest BCUT2D eigenvalue weighted by Gasteiger charge is 2.27. The average molecular weight is 282 g/mol. The zero-order valence-corrected chi connectivity index (χ0v) is 13.0. The van der Waals surface area contributed by atoms with E-state index in [9.17, 15) is 0 Å². The topological polar surface area (TPSA) is 4.93 Å². The summed E-state index contributed by atoms with van der Waals surface area (Å²) >= 11 is 0. The van der Waals surface area contributed by atoms with Gasteiger partial charge in [-0.25, -0.2) is 0 Å². The molecule has 2 heterocycles. The highest BCUT2D eigenvalue weighted by molar-refractivity contribution is 7.97. The Morgan fingerprint density at radius 2 is 1.55 bits per heavy atom. The molecule has 1 aliphatic rings. The number of aryl methyl sites for hydroxylation is 2. The van der Waals surface area contributed by atoms with Gasteiger partial charge in [-0.1, -0.05) is 11.6 Å². The van der Waals surface area contributed by atoms with Gasteiger partial charge in [0.2, 0.25) is 0 Å². The maximum Gasteiger partial charge on any atom is 0.155 e. The van der Waals surface area contributed by atoms with Crippen molar-refractivity contribution in [2.45, 2.75) is 24.7 Å². The first kappa shape index (κ1) is 12.3. The Bertz CT molecular complexity index is 794. The van der Waals surface area contributed by atoms with E-state index in [2.05, 4.69) is 54.9 Å². The molecule has 1 aromatic heterocycles. The molecule has 1 nitrogen and oxygen atoms in total. The van der Waals surface area contributed by atoms with E-state index in [1.807, 2.05) is 0 Å². The van der Waals surface area contributed by atoms with E-state index in [0.717, 1.165) is 0 Å². The van der Waals surface area contributed by atoms with Gasteiger partial charge in [-0.05, 0) is 44.0 Å². The lowest BCUT2D eigenvalue weighted by atomic mass is 10.1. The summed E-state index contributed by atoms with van der Waals surface area (Å²) in [7, 11) is 2.68. The molecule has 0 aliphatic carbocycles.